The first-order chi connectivity index (χ1) is 5.29. The van der Waals surface area contributed by atoms with Crippen LogP contribution in [0.1, 0.15) is 28.7 Å². The molecule has 0 unspecified atom stereocenters. The van der Waals surface area contributed by atoms with E-state index in [-0.39, 0.29) is 2.85 Å². The lowest BCUT2D eigenvalue weighted by Crippen LogP contribution is -1.91. The second kappa shape index (κ2) is 4.12. The van der Waals surface area contributed by atoms with E-state index in [4.69, 9.17) is 0 Å². The summed E-state index contributed by atoms with van der Waals surface area (Å²) in [7, 11) is 0. The maximum atomic E-state index is 3.97. The highest BCUT2D eigenvalue weighted by Crippen LogP contribution is 2.06. The summed E-state index contributed by atoms with van der Waals surface area (Å²) in [5.74, 6) is 0.795. The first kappa shape index (κ1) is 8.25. The molecule has 1 aromatic rings. The summed E-state index contributed by atoms with van der Waals surface area (Å²) in [4.78, 5) is 3.97. The standard InChI is InChI=1S/C10H15N.2H2/c1-9(2)3-4-10-5-7-11-8-6-10;;/h5-9H,3-4H2,1-2H3;2*1H. The normalized spacial score (nSPS) is 10.5. The van der Waals surface area contributed by atoms with Crippen molar-refractivity contribution in [2.75, 3.05) is 0 Å². The molecule has 0 bridgehead atoms. The van der Waals surface area contributed by atoms with E-state index >= 15 is 0 Å². The summed E-state index contributed by atoms with van der Waals surface area (Å²) in [6, 6.07) is 4.17. The van der Waals surface area contributed by atoms with Crippen molar-refractivity contribution >= 4 is 0 Å². The minimum Gasteiger partial charge on any atom is -0.265 e. The molecule has 1 nitrogen and oxygen atoms in total. The van der Waals surface area contributed by atoms with Crippen molar-refractivity contribution in [3.63, 3.8) is 0 Å². The summed E-state index contributed by atoms with van der Waals surface area (Å²) in [5, 5.41) is 0. The quantitative estimate of drug-likeness (QED) is 0.650. The molecule has 0 N–H and O–H groups in total. The Kier molecular flexibility index (Phi) is 3.09. The number of aryl methyl sites for hydroxylation is 1. The second-order valence-electron chi connectivity index (χ2n) is 3.29. The molecule has 0 amide bonds. The van der Waals surface area contributed by atoms with Gasteiger partial charge < -0.3 is 0 Å². The van der Waals surface area contributed by atoms with Gasteiger partial charge in [-0.3, -0.25) is 4.98 Å². The first-order valence-electron chi connectivity index (χ1n) is 4.18. The van der Waals surface area contributed by atoms with Crippen molar-refractivity contribution in [2.24, 2.45) is 5.92 Å². The molecular formula is C10H19N. The average Bonchev–Trinajstić information content (AvgIpc) is 2.03. The van der Waals surface area contributed by atoms with E-state index in [1.165, 1.54) is 18.4 Å². The Hall–Kier alpha value is -0.850. The van der Waals surface area contributed by atoms with Gasteiger partial charge in [0.2, 0.25) is 0 Å². The molecule has 0 aliphatic rings. The molecule has 0 saturated heterocycles. The summed E-state index contributed by atoms with van der Waals surface area (Å²) < 4.78 is 0. The van der Waals surface area contributed by atoms with Gasteiger partial charge in [0.25, 0.3) is 0 Å². The second-order valence-corrected chi connectivity index (χ2v) is 3.29. The molecule has 64 valence electrons. The predicted octanol–water partition coefficient (Wildman–Crippen LogP) is 3.16. The van der Waals surface area contributed by atoms with E-state index in [9.17, 15) is 0 Å². The van der Waals surface area contributed by atoms with Gasteiger partial charge in [0.1, 0.15) is 0 Å². The van der Waals surface area contributed by atoms with E-state index in [0.717, 1.165) is 5.92 Å². The van der Waals surface area contributed by atoms with Crippen LogP contribution in [-0.2, 0) is 6.42 Å². The Balaban J connectivity index is 0. The van der Waals surface area contributed by atoms with E-state index in [1.54, 1.807) is 0 Å². The molecule has 1 aromatic heterocycles. The monoisotopic (exact) mass is 153 g/mol. The molecule has 0 aliphatic heterocycles. The largest absolute Gasteiger partial charge is 0.265 e. The number of hydrogen-bond acceptors (Lipinski definition) is 1. The molecule has 0 saturated carbocycles. The molecular weight excluding hydrogens is 134 g/mol. The Bertz CT molecular complexity index is 199. The number of hydrogen-bond donors (Lipinski definition) is 0. The maximum Gasteiger partial charge on any atom is 0.0270 e. The summed E-state index contributed by atoms with van der Waals surface area (Å²) in [6.45, 7) is 4.50. The Morgan fingerprint density at radius 2 is 2.00 bits per heavy atom. The highest BCUT2D eigenvalue weighted by Gasteiger charge is 1.94. The topological polar surface area (TPSA) is 12.9 Å². The zero-order valence-corrected chi connectivity index (χ0v) is 7.25. The molecule has 0 atom stereocenters. The Labute approximate surface area is 71.4 Å². The fourth-order valence-corrected chi connectivity index (χ4v) is 1.00. The minimum absolute atomic E-state index is 0. The van der Waals surface area contributed by atoms with Crippen LogP contribution >= 0.6 is 0 Å². The van der Waals surface area contributed by atoms with Gasteiger partial charge in [-0.05, 0) is 36.5 Å². The fourth-order valence-electron chi connectivity index (χ4n) is 1.00. The van der Waals surface area contributed by atoms with Crippen molar-refractivity contribution in [1.29, 1.82) is 0 Å². The summed E-state index contributed by atoms with van der Waals surface area (Å²) in [5.41, 5.74) is 1.40. The van der Waals surface area contributed by atoms with Crippen LogP contribution < -0.4 is 0 Å². The third-order valence-corrected chi connectivity index (χ3v) is 1.76. The van der Waals surface area contributed by atoms with Crippen molar-refractivity contribution in [3.05, 3.63) is 30.1 Å². The molecule has 1 heterocycles. The van der Waals surface area contributed by atoms with Gasteiger partial charge in [-0.15, -0.1) is 0 Å². The van der Waals surface area contributed by atoms with Gasteiger partial charge in [0, 0.05) is 15.2 Å². The first-order valence-corrected chi connectivity index (χ1v) is 4.18. The molecule has 1 rings (SSSR count). The van der Waals surface area contributed by atoms with Gasteiger partial charge in [0.05, 0.1) is 0 Å². The van der Waals surface area contributed by atoms with Crippen LogP contribution in [0.4, 0.5) is 0 Å². The van der Waals surface area contributed by atoms with E-state index < -0.39 is 0 Å². The zero-order valence-electron chi connectivity index (χ0n) is 7.25. The van der Waals surface area contributed by atoms with Crippen LogP contribution in [-0.4, -0.2) is 4.98 Å². The van der Waals surface area contributed by atoms with Crippen molar-refractivity contribution in [2.45, 2.75) is 26.7 Å². The van der Waals surface area contributed by atoms with Crippen LogP contribution in [0.25, 0.3) is 0 Å². The number of nitrogens with zero attached hydrogens (tertiary/aromatic N) is 1. The van der Waals surface area contributed by atoms with Crippen LogP contribution in [0.15, 0.2) is 24.5 Å². The van der Waals surface area contributed by atoms with Gasteiger partial charge in [-0.1, -0.05) is 13.8 Å². The van der Waals surface area contributed by atoms with Gasteiger partial charge in [0.15, 0.2) is 0 Å². The van der Waals surface area contributed by atoms with Crippen LogP contribution in [0.3, 0.4) is 0 Å². The van der Waals surface area contributed by atoms with E-state index in [0.29, 0.717) is 0 Å². The van der Waals surface area contributed by atoms with Crippen molar-refractivity contribution < 1.29 is 2.85 Å². The average molecular weight is 153 g/mol. The lowest BCUT2D eigenvalue weighted by molar-refractivity contribution is 0.586. The Morgan fingerprint density at radius 1 is 1.36 bits per heavy atom. The zero-order chi connectivity index (χ0) is 8.10. The molecule has 1 heteroatoms. The van der Waals surface area contributed by atoms with Gasteiger partial charge >= 0.3 is 0 Å². The minimum atomic E-state index is 0. The third-order valence-electron chi connectivity index (χ3n) is 1.76. The molecule has 11 heavy (non-hydrogen) atoms. The fraction of sp³-hybridized carbons (Fsp3) is 0.500. The highest BCUT2D eigenvalue weighted by molar-refractivity contribution is 5.09. The number of aromatic nitrogens is 1. The van der Waals surface area contributed by atoms with Crippen LogP contribution in [0.2, 0.25) is 0 Å². The SMILES string of the molecule is CC(C)CCc1ccncc1.[HH].[HH]. The predicted molar refractivity (Wildman–Crippen MR) is 51.6 cm³/mol. The third kappa shape index (κ3) is 3.17. The molecule has 0 aromatic carbocycles. The van der Waals surface area contributed by atoms with Crippen LogP contribution in [0, 0.1) is 5.92 Å². The highest BCUT2D eigenvalue weighted by atomic mass is 14.6. The lowest BCUT2D eigenvalue weighted by Gasteiger charge is -2.02. The summed E-state index contributed by atoms with van der Waals surface area (Å²) in [6.07, 6.45) is 6.16. The molecule has 0 spiro atoms. The van der Waals surface area contributed by atoms with Crippen molar-refractivity contribution in [1.82, 2.24) is 4.98 Å². The van der Waals surface area contributed by atoms with Gasteiger partial charge in [-0.2, -0.15) is 0 Å². The Morgan fingerprint density at radius 3 is 2.55 bits per heavy atom. The summed E-state index contributed by atoms with van der Waals surface area (Å²) >= 11 is 0. The lowest BCUT2D eigenvalue weighted by atomic mass is 10.0. The molecule has 0 fully saturated rings. The van der Waals surface area contributed by atoms with Gasteiger partial charge in [-0.25, -0.2) is 0 Å². The van der Waals surface area contributed by atoms with Crippen molar-refractivity contribution in [3.8, 4) is 0 Å². The molecule has 0 radical (unpaired) electrons. The van der Waals surface area contributed by atoms with E-state index in [1.807, 2.05) is 12.4 Å². The molecule has 0 aliphatic carbocycles. The maximum absolute atomic E-state index is 3.97. The number of pyridine rings is 1. The number of rotatable bonds is 3. The van der Waals surface area contributed by atoms with Crippen LogP contribution in [0.5, 0.6) is 0 Å². The smallest absolute Gasteiger partial charge is 0.0270 e. The van der Waals surface area contributed by atoms with E-state index in [2.05, 4.69) is 31.0 Å².